The molecular formula is C16H18N2O3. The van der Waals surface area contributed by atoms with E-state index in [9.17, 15) is 14.7 Å². The SMILES string of the molecule is C#Cc1cccc(NC(=O)N2CCCC(C)C2C(=O)O)c1. The monoisotopic (exact) mass is 286 g/mol. The van der Waals surface area contributed by atoms with Gasteiger partial charge in [0, 0.05) is 17.8 Å². The molecule has 0 aliphatic carbocycles. The number of carbonyl (C=O) groups is 2. The zero-order chi connectivity index (χ0) is 15.4. The van der Waals surface area contributed by atoms with Crippen LogP contribution < -0.4 is 5.32 Å². The molecule has 2 amide bonds. The van der Waals surface area contributed by atoms with Crippen molar-refractivity contribution in [2.75, 3.05) is 11.9 Å². The number of carbonyl (C=O) groups excluding carboxylic acids is 1. The second-order valence-corrected chi connectivity index (χ2v) is 5.25. The van der Waals surface area contributed by atoms with Gasteiger partial charge in [0.25, 0.3) is 0 Å². The molecule has 2 N–H and O–H groups in total. The summed E-state index contributed by atoms with van der Waals surface area (Å²) in [6.45, 7) is 2.30. The number of rotatable bonds is 2. The van der Waals surface area contributed by atoms with Crippen molar-refractivity contribution in [3.05, 3.63) is 29.8 Å². The van der Waals surface area contributed by atoms with Crippen LogP contribution >= 0.6 is 0 Å². The number of nitrogens with one attached hydrogen (secondary N) is 1. The lowest BCUT2D eigenvalue weighted by atomic mass is 9.91. The third-order valence-electron chi connectivity index (χ3n) is 3.73. The van der Waals surface area contributed by atoms with Crippen LogP contribution in [-0.2, 0) is 4.79 Å². The van der Waals surface area contributed by atoms with Crippen molar-refractivity contribution in [1.29, 1.82) is 0 Å². The van der Waals surface area contributed by atoms with Gasteiger partial charge in [0.2, 0.25) is 0 Å². The van der Waals surface area contributed by atoms with Gasteiger partial charge >= 0.3 is 12.0 Å². The maximum Gasteiger partial charge on any atom is 0.326 e. The number of amides is 2. The molecule has 0 bridgehead atoms. The Bertz CT molecular complexity index is 591. The average molecular weight is 286 g/mol. The maximum atomic E-state index is 12.3. The highest BCUT2D eigenvalue weighted by Gasteiger charge is 2.37. The lowest BCUT2D eigenvalue weighted by molar-refractivity contribution is -0.145. The first-order valence-corrected chi connectivity index (χ1v) is 6.90. The van der Waals surface area contributed by atoms with Crippen LogP contribution in [0.2, 0.25) is 0 Å². The summed E-state index contributed by atoms with van der Waals surface area (Å²) in [6.07, 6.45) is 6.94. The first-order valence-electron chi connectivity index (χ1n) is 6.90. The van der Waals surface area contributed by atoms with Gasteiger partial charge in [0.1, 0.15) is 6.04 Å². The van der Waals surface area contributed by atoms with Gasteiger partial charge < -0.3 is 15.3 Å². The Morgan fingerprint density at radius 2 is 2.24 bits per heavy atom. The molecule has 1 fully saturated rings. The van der Waals surface area contributed by atoms with Crippen molar-refractivity contribution in [3.63, 3.8) is 0 Å². The first kappa shape index (κ1) is 14.9. The number of carboxylic acid groups (broad SMARTS) is 1. The van der Waals surface area contributed by atoms with Crippen LogP contribution in [0, 0.1) is 18.3 Å². The second kappa shape index (κ2) is 6.31. The summed E-state index contributed by atoms with van der Waals surface area (Å²) in [5, 5.41) is 12.0. The Hall–Kier alpha value is -2.48. The minimum Gasteiger partial charge on any atom is -0.480 e. The van der Waals surface area contributed by atoms with Gasteiger partial charge in [-0.05, 0) is 37.0 Å². The molecule has 1 aliphatic heterocycles. The molecule has 1 saturated heterocycles. The molecule has 1 heterocycles. The van der Waals surface area contributed by atoms with Crippen LogP contribution in [0.5, 0.6) is 0 Å². The Balaban J connectivity index is 2.14. The second-order valence-electron chi connectivity index (χ2n) is 5.25. The van der Waals surface area contributed by atoms with Gasteiger partial charge in [0.05, 0.1) is 0 Å². The van der Waals surface area contributed by atoms with Gasteiger partial charge in [-0.3, -0.25) is 0 Å². The van der Waals surface area contributed by atoms with E-state index in [1.807, 2.05) is 6.92 Å². The molecule has 1 aromatic rings. The van der Waals surface area contributed by atoms with Gasteiger partial charge in [-0.15, -0.1) is 6.42 Å². The maximum absolute atomic E-state index is 12.3. The van der Waals surface area contributed by atoms with Gasteiger partial charge in [-0.25, -0.2) is 9.59 Å². The molecule has 1 aromatic carbocycles. The van der Waals surface area contributed by atoms with Crippen LogP contribution in [0.1, 0.15) is 25.3 Å². The fraction of sp³-hybridized carbons (Fsp3) is 0.375. The normalized spacial score (nSPS) is 21.4. The van der Waals surface area contributed by atoms with Crippen molar-refractivity contribution in [3.8, 4) is 12.3 Å². The third kappa shape index (κ3) is 3.34. The van der Waals surface area contributed by atoms with E-state index < -0.39 is 18.0 Å². The average Bonchev–Trinajstić information content (AvgIpc) is 2.46. The summed E-state index contributed by atoms with van der Waals surface area (Å²) in [6, 6.07) is 5.73. The number of anilines is 1. The number of benzene rings is 1. The number of terminal acetylenes is 1. The van der Waals surface area contributed by atoms with Crippen LogP contribution in [-0.4, -0.2) is 34.6 Å². The van der Waals surface area contributed by atoms with Crippen LogP contribution in [0.4, 0.5) is 10.5 Å². The predicted octanol–water partition coefficient (Wildman–Crippen LogP) is 2.38. The lowest BCUT2D eigenvalue weighted by Crippen LogP contribution is -2.53. The van der Waals surface area contributed by atoms with E-state index in [1.165, 1.54) is 4.90 Å². The molecule has 5 heteroatoms. The van der Waals surface area contributed by atoms with Crippen LogP contribution in [0.15, 0.2) is 24.3 Å². The van der Waals surface area contributed by atoms with E-state index in [0.29, 0.717) is 17.8 Å². The summed E-state index contributed by atoms with van der Waals surface area (Å²) < 4.78 is 0. The van der Waals surface area contributed by atoms with Gasteiger partial charge in [-0.2, -0.15) is 0 Å². The molecule has 0 spiro atoms. The number of likely N-dealkylation sites (tertiary alicyclic amines) is 1. The van der Waals surface area contributed by atoms with Crippen LogP contribution in [0.3, 0.4) is 0 Å². The Labute approximate surface area is 124 Å². The number of hydrogen-bond donors (Lipinski definition) is 2. The number of carboxylic acids is 1. The molecule has 5 nitrogen and oxygen atoms in total. The molecule has 21 heavy (non-hydrogen) atoms. The smallest absolute Gasteiger partial charge is 0.326 e. The number of aliphatic carboxylic acids is 1. The molecule has 110 valence electrons. The van der Waals surface area contributed by atoms with Crippen molar-refractivity contribution in [1.82, 2.24) is 4.90 Å². The van der Waals surface area contributed by atoms with E-state index in [1.54, 1.807) is 24.3 Å². The molecule has 0 aromatic heterocycles. The van der Waals surface area contributed by atoms with E-state index in [-0.39, 0.29) is 5.92 Å². The zero-order valence-corrected chi connectivity index (χ0v) is 11.9. The minimum absolute atomic E-state index is 0.0564. The third-order valence-corrected chi connectivity index (χ3v) is 3.73. The van der Waals surface area contributed by atoms with Crippen molar-refractivity contribution in [2.24, 2.45) is 5.92 Å². The highest BCUT2D eigenvalue weighted by molar-refractivity contribution is 5.92. The molecule has 2 atom stereocenters. The summed E-state index contributed by atoms with van der Waals surface area (Å²) in [4.78, 5) is 25.1. The van der Waals surface area contributed by atoms with E-state index in [4.69, 9.17) is 6.42 Å². The summed E-state index contributed by atoms with van der Waals surface area (Å²) in [7, 11) is 0. The Morgan fingerprint density at radius 1 is 1.48 bits per heavy atom. The number of nitrogens with zero attached hydrogens (tertiary/aromatic N) is 1. The number of urea groups is 1. The standard InChI is InChI=1S/C16H18N2O3/c1-3-12-7-4-8-13(10-12)17-16(21)18-9-5-6-11(2)14(18)15(19)20/h1,4,7-8,10-11,14H,5-6,9H2,2H3,(H,17,21)(H,19,20). The molecular weight excluding hydrogens is 268 g/mol. The molecule has 0 radical (unpaired) electrons. The fourth-order valence-corrected chi connectivity index (χ4v) is 2.67. The van der Waals surface area contributed by atoms with E-state index in [0.717, 1.165) is 12.8 Å². The molecule has 2 rings (SSSR count). The zero-order valence-electron chi connectivity index (χ0n) is 11.9. The van der Waals surface area contributed by atoms with E-state index in [2.05, 4.69) is 11.2 Å². The largest absolute Gasteiger partial charge is 0.480 e. The molecule has 2 unspecified atom stereocenters. The van der Waals surface area contributed by atoms with Gasteiger partial charge in [-0.1, -0.05) is 18.9 Å². The fourth-order valence-electron chi connectivity index (χ4n) is 2.67. The van der Waals surface area contributed by atoms with Crippen molar-refractivity contribution >= 4 is 17.7 Å². The molecule has 1 aliphatic rings. The highest BCUT2D eigenvalue weighted by atomic mass is 16.4. The topological polar surface area (TPSA) is 69.6 Å². The Morgan fingerprint density at radius 3 is 2.90 bits per heavy atom. The predicted molar refractivity (Wildman–Crippen MR) is 79.9 cm³/mol. The quantitative estimate of drug-likeness (QED) is 0.820. The number of piperidine rings is 1. The van der Waals surface area contributed by atoms with E-state index >= 15 is 0 Å². The Kier molecular flexibility index (Phi) is 4.49. The number of hydrogen-bond acceptors (Lipinski definition) is 2. The minimum atomic E-state index is -0.963. The lowest BCUT2D eigenvalue weighted by Gasteiger charge is -2.37. The summed E-state index contributed by atoms with van der Waals surface area (Å²) in [5.41, 5.74) is 1.23. The molecule has 0 saturated carbocycles. The summed E-state index contributed by atoms with van der Waals surface area (Å²) >= 11 is 0. The van der Waals surface area contributed by atoms with Crippen molar-refractivity contribution < 1.29 is 14.7 Å². The van der Waals surface area contributed by atoms with Crippen LogP contribution in [0.25, 0.3) is 0 Å². The van der Waals surface area contributed by atoms with Crippen molar-refractivity contribution in [2.45, 2.75) is 25.8 Å². The highest BCUT2D eigenvalue weighted by Crippen LogP contribution is 2.24. The first-order chi connectivity index (χ1) is 10.0. The van der Waals surface area contributed by atoms with Gasteiger partial charge in [0.15, 0.2) is 0 Å². The summed E-state index contributed by atoms with van der Waals surface area (Å²) in [5.74, 6) is 1.48.